The summed E-state index contributed by atoms with van der Waals surface area (Å²) in [5.41, 5.74) is 2.35. The van der Waals surface area contributed by atoms with Crippen molar-refractivity contribution in [2.45, 2.75) is 19.5 Å². The fourth-order valence-corrected chi connectivity index (χ4v) is 3.92. The van der Waals surface area contributed by atoms with Crippen LogP contribution in [0.3, 0.4) is 0 Å². The van der Waals surface area contributed by atoms with Gasteiger partial charge in [-0.25, -0.2) is 0 Å². The topological polar surface area (TPSA) is 38.0 Å². The van der Waals surface area contributed by atoms with E-state index < -0.39 is 0 Å². The molecule has 0 aromatic heterocycles. The van der Waals surface area contributed by atoms with Gasteiger partial charge in [-0.2, -0.15) is 0 Å². The minimum absolute atomic E-state index is 0.0689. The fraction of sp³-hybridized carbons (Fsp3) is 0.381. The van der Waals surface area contributed by atoms with Gasteiger partial charge in [0.1, 0.15) is 32.7 Å². The minimum Gasteiger partial charge on any atom is -0.345 e. The van der Waals surface area contributed by atoms with Crippen molar-refractivity contribution in [2.75, 3.05) is 32.7 Å². The first kappa shape index (κ1) is 18.9. The Labute approximate surface area is 160 Å². The van der Waals surface area contributed by atoms with Gasteiger partial charge in [0.25, 0.3) is 5.91 Å². The lowest BCUT2D eigenvalue weighted by Gasteiger charge is -2.29. The number of quaternary nitrogens is 2. The maximum atomic E-state index is 12.4. The molecule has 1 aliphatic rings. The normalized spacial score (nSPS) is 21.2. The highest BCUT2D eigenvalue weighted by Crippen LogP contribution is 2.21. The van der Waals surface area contributed by atoms with Crippen molar-refractivity contribution in [3.63, 3.8) is 0 Å². The Kier molecular flexibility index (Phi) is 6.67. The molecule has 3 N–H and O–H groups in total. The molecular formula is C21H28ClN3O+2. The second-order valence-corrected chi connectivity index (χ2v) is 7.56. The molecule has 138 valence electrons. The van der Waals surface area contributed by atoms with Gasteiger partial charge in [-0.3, -0.25) is 4.79 Å². The van der Waals surface area contributed by atoms with E-state index in [1.165, 1.54) is 10.5 Å². The molecule has 0 unspecified atom stereocenters. The van der Waals surface area contributed by atoms with Crippen molar-refractivity contribution in [1.82, 2.24) is 5.32 Å². The van der Waals surface area contributed by atoms with Crippen LogP contribution in [0.4, 0.5) is 0 Å². The highest BCUT2D eigenvalue weighted by Gasteiger charge is 2.25. The summed E-state index contributed by atoms with van der Waals surface area (Å²) in [6, 6.07) is 18.2. The third-order valence-electron chi connectivity index (χ3n) is 5.12. The number of rotatable bonds is 6. The zero-order valence-corrected chi connectivity index (χ0v) is 16.1. The summed E-state index contributed by atoms with van der Waals surface area (Å²) in [5, 5.41) is 3.78. The van der Waals surface area contributed by atoms with Crippen LogP contribution in [-0.2, 0) is 11.3 Å². The van der Waals surface area contributed by atoms with Crippen molar-refractivity contribution in [3.8, 4) is 0 Å². The molecule has 0 spiro atoms. The predicted molar refractivity (Wildman–Crippen MR) is 104 cm³/mol. The van der Waals surface area contributed by atoms with Crippen LogP contribution >= 0.6 is 11.6 Å². The van der Waals surface area contributed by atoms with Crippen LogP contribution in [0, 0.1) is 0 Å². The largest absolute Gasteiger partial charge is 0.345 e. The molecular weight excluding hydrogens is 346 g/mol. The maximum absolute atomic E-state index is 12.4. The summed E-state index contributed by atoms with van der Waals surface area (Å²) in [6.07, 6.45) is 0. The van der Waals surface area contributed by atoms with Crippen LogP contribution in [0.15, 0.2) is 54.6 Å². The number of hydrogen-bond donors (Lipinski definition) is 3. The van der Waals surface area contributed by atoms with Crippen molar-refractivity contribution < 1.29 is 14.6 Å². The Morgan fingerprint density at radius 3 is 2.31 bits per heavy atom. The lowest BCUT2D eigenvalue weighted by atomic mass is 10.1. The standard InChI is InChI=1S/C21H26ClN3O/c1-17(19-9-5-6-10-20(19)22)23-21(26)16-25-13-11-24(12-14-25)15-18-7-3-2-4-8-18/h2-10,17H,11-16H2,1H3,(H,23,26)/p+2/t17-/m1/s1. The van der Waals surface area contributed by atoms with Gasteiger partial charge < -0.3 is 15.1 Å². The summed E-state index contributed by atoms with van der Waals surface area (Å²) in [5.74, 6) is 0.0962. The summed E-state index contributed by atoms with van der Waals surface area (Å²) in [6.45, 7) is 7.88. The molecule has 3 rings (SSSR count). The average molecular weight is 374 g/mol. The van der Waals surface area contributed by atoms with Crippen LogP contribution < -0.4 is 15.1 Å². The van der Waals surface area contributed by atoms with Crippen LogP contribution in [0.5, 0.6) is 0 Å². The molecule has 1 saturated heterocycles. The lowest BCUT2D eigenvalue weighted by molar-refractivity contribution is -1.02. The Morgan fingerprint density at radius 1 is 1.00 bits per heavy atom. The van der Waals surface area contributed by atoms with Gasteiger partial charge in [0, 0.05) is 10.6 Å². The van der Waals surface area contributed by atoms with Gasteiger partial charge in [0.15, 0.2) is 6.54 Å². The van der Waals surface area contributed by atoms with E-state index in [1.807, 2.05) is 31.2 Å². The van der Waals surface area contributed by atoms with Gasteiger partial charge in [0.2, 0.25) is 0 Å². The van der Waals surface area contributed by atoms with E-state index in [2.05, 4.69) is 35.6 Å². The Bertz CT molecular complexity index is 714. The molecule has 0 bridgehead atoms. The van der Waals surface area contributed by atoms with E-state index >= 15 is 0 Å². The maximum Gasteiger partial charge on any atom is 0.275 e. The number of carbonyl (C=O) groups excluding carboxylic acids is 1. The molecule has 1 amide bonds. The molecule has 2 aromatic carbocycles. The number of halogens is 1. The third-order valence-corrected chi connectivity index (χ3v) is 5.47. The van der Waals surface area contributed by atoms with Crippen LogP contribution in [0.2, 0.25) is 5.02 Å². The zero-order valence-electron chi connectivity index (χ0n) is 15.3. The molecule has 4 nitrogen and oxygen atoms in total. The number of hydrogen-bond acceptors (Lipinski definition) is 1. The molecule has 0 radical (unpaired) electrons. The number of piperazine rings is 1. The van der Waals surface area contributed by atoms with Crippen molar-refractivity contribution in [1.29, 1.82) is 0 Å². The lowest BCUT2D eigenvalue weighted by Crippen LogP contribution is -3.28. The number of carbonyl (C=O) groups is 1. The summed E-state index contributed by atoms with van der Waals surface area (Å²) in [7, 11) is 0. The van der Waals surface area contributed by atoms with E-state index in [9.17, 15) is 4.79 Å². The van der Waals surface area contributed by atoms with Crippen molar-refractivity contribution in [3.05, 3.63) is 70.7 Å². The molecule has 5 heteroatoms. The quantitative estimate of drug-likeness (QED) is 0.678. The van der Waals surface area contributed by atoms with Gasteiger partial charge >= 0.3 is 0 Å². The molecule has 26 heavy (non-hydrogen) atoms. The first-order valence-electron chi connectivity index (χ1n) is 9.36. The molecule has 1 aliphatic heterocycles. The van der Waals surface area contributed by atoms with Gasteiger partial charge in [-0.1, -0.05) is 60.1 Å². The highest BCUT2D eigenvalue weighted by atomic mass is 35.5. The summed E-state index contributed by atoms with van der Waals surface area (Å²) < 4.78 is 0. The number of amides is 1. The molecule has 1 heterocycles. The van der Waals surface area contributed by atoms with Gasteiger partial charge in [-0.05, 0) is 18.6 Å². The molecule has 1 fully saturated rings. The van der Waals surface area contributed by atoms with Crippen LogP contribution in [0.1, 0.15) is 24.1 Å². The van der Waals surface area contributed by atoms with E-state index in [0.29, 0.717) is 11.6 Å². The first-order chi connectivity index (χ1) is 12.6. The molecule has 2 aromatic rings. The van der Waals surface area contributed by atoms with Crippen LogP contribution in [0.25, 0.3) is 0 Å². The van der Waals surface area contributed by atoms with Crippen LogP contribution in [-0.4, -0.2) is 38.6 Å². The summed E-state index contributed by atoms with van der Waals surface area (Å²) >= 11 is 6.22. The average Bonchev–Trinajstić information content (AvgIpc) is 2.64. The molecule has 0 aliphatic carbocycles. The summed E-state index contributed by atoms with van der Waals surface area (Å²) in [4.78, 5) is 15.4. The number of benzene rings is 2. The monoisotopic (exact) mass is 373 g/mol. The smallest absolute Gasteiger partial charge is 0.275 e. The zero-order chi connectivity index (χ0) is 18.4. The Balaban J connectivity index is 1.43. The van der Waals surface area contributed by atoms with Crippen molar-refractivity contribution >= 4 is 17.5 Å². The van der Waals surface area contributed by atoms with Crippen molar-refractivity contribution in [2.24, 2.45) is 0 Å². The minimum atomic E-state index is -0.0689. The predicted octanol–water partition coefficient (Wildman–Crippen LogP) is 0.501. The van der Waals surface area contributed by atoms with Gasteiger partial charge in [-0.15, -0.1) is 0 Å². The highest BCUT2D eigenvalue weighted by molar-refractivity contribution is 6.31. The number of nitrogens with one attached hydrogen (secondary N) is 3. The molecule has 1 atom stereocenters. The molecule has 0 saturated carbocycles. The second-order valence-electron chi connectivity index (χ2n) is 7.15. The van der Waals surface area contributed by atoms with E-state index in [1.54, 1.807) is 4.90 Å². The Hall–Kier alpha value is -1.88. The SMILES string of the molecule is C[C@@H](NC(=O)C[NH+]1CC[NH+](Cc2ccccc2)CC1)c1ccccc1Cl. The van der Waals surface area contributed by atoms with E-state index in [-0.39, 0.29) is 11.9 Å². The first-order valence-corrected chi connectivity index (χ1v) is 9.74. The Morgan fingerprint density at radius 2 is 1.62 bits per heavy atom. The fourth-order valence-electron chi connectivity index (χ4n) is 3.62. The third kappa shape index (κ3) is 5.31. The van der Waals surface area contributed by atoms with E-state index in [0.717, 1.165) is 38.3 Å². The van der Waals surface area contributed by atoms with Gasteiger partial charge in [0.05, 0.1) is 6.04 Å². The van der Waals surface area contributed by atoms with E-state index in [4.69, 9.17) is 11.6 Å². The second kappa shape index (κ2) is 9.17.